The van der Waals surface area contributed by atoms with Crippen molar-refractivity contribution >= 4 is 11.2 Å². The molecule has 1 aliphatic carbocycles. The fourth-order valence-corrected chi connectivity index (χ4v) is 5.34. The summed E-state index contributed by atoms with van der Waals surface area (Å²) in [7, 11) is 0. The first-order valence-corrected chi connectivity index (χ1v) is 12.9. The first kappa shape index (κ1) is 23.8. The van der Waals surface area contributed by atoms with Gasteiger partial charge in [-0.25, -0.2) is 9.78 Å². The SMILES string of the molecule is CCCn1c(=O)c2c(nc(C3CCCC3)n2Cc2ccccc2)n(CCc2ccc(C#N)cc2)c1=O. The van der Waals surface area contributed by atoms with Crippen molar-refractivity contribution in [1.82, 2.24) is 18.7 Å². The molecule has 1 saturated carbocycles. The Bertz CT molecular complexity index is 1520. The van der Waals surface area contributed by atoms with Crippen LogP contribution in [0.15, 0.2) is 64.2 Å². The number of imidazole rings is 1. The van der Waals surface area contributed by atoms with Crippen LogP contribution in [-0.2, 0) is 26.1 Å². The number of fused-ring (bicyclic) bond motifs is 1. The summed E-state index contributed by atoms with van der Waals surface area (Å²) in [5.74, 6) is 1.21. The average Bonchev–Trinajstić information content (AvgIpc) is 3.56. The first-order chi connectivity index (χ1) is 17.6. The van der Waals surface area contributed by atoms with Crippen molar-refractivity contribution in [2.45, 2.75) is 71.0 Å². The number of hydrogen-bond acceptors (Lipinski definition) is 4. The highest BCUT2D eigenvalue weighted by Gasteiger charge is 2.27. The quantitative estimate of drug-likeness (QED) is 0.368. The standard InChI is InChI=1S/C29H31N5O2/c1-2-17-33-28(35)25-27(32(29(33)36)18-16-21-12-14-22(19-30)15-13-21)31-26(24-10-6-7-11-24)34(25)20-23-8-4-3-5-9-23/h3-5,8-9,12-15,24H,2,6-7,10-11,16-18,20H2,1H3. The maximum absolute atomic E-state index is 13.7. The Morgan fingerprint density at radius 3 is 2.31 bits per heavy atom. The molecule has 0 aliphatic heterocycles. The van der Waals surface area contributed by atoms with Gasteiger partial charge in [0.2, 0.25) is 0 Å². The lowest BCUT2D eigenvalue weighted by molar-refractivity contribution is 0.558. The molecule has 36 heavy (non-hydrogen) atoms. The van der Waals surface area contributed by atoms with Gasteiger partial charge in [0.05, 0.1) is 11.6 Å². The molecule has 2 aromatic heterocycles. The van der Waals surface area contributed by atoms with E-state index in [1.807, 2.05) is 37.3 Å². The van der Waals surface area contributed by atoms with Crippen LogP contribution >= 0.6 is 0 Å². The van der Waals surface area contributed by atoms with Crippen molar-refractivity contribution in [3.63, 3.8) is 0 Å². The third-order valence-electron chi connectivity index (χ3n) is 7.20. The van der Waals surface area contributed by atoms with Crippen LogP contribution in [0.3, 0.4) is 0 Å². The van der Waals surface area contributed by atoms with Gasteiger partial charge in [-0.2, -0.15) is 5.26 Å². The Labute approximate surface area is 210 Å². The third-order valence-corrected chi connectivity index (χ3v) is 7.20. The second-order valence-electron chi connectivity index (χ2n) is 9.65. The van der Waals surface area contributed by atoms with E-state index in [4.69, 9.17) is 10.2 Å². The van der Waals surface area contributed by atoms with Crippen molar-refractivity contribution in [2.75, 3.05) is 0 Å². The monoisotopic (exact) mass is 481 g/mol. The minimum atomic E-state index is -0.301. The summed E-state index contributed by atoms with van der Waals surface area (Å²) < 4.78 is 5.14. The summed E-state index contributed by atoms with van der Waals surface area (Å²) in [6.45, 7) is 3.32. The molecule has 0 saturated heterocycles. The number of hydrogen-bond donors (Lipinski definition) is 0. The summed E-state index contributed by atoms with van der Waals surface area (Å²) in [6.07, 6.45) is 5.72. The van der Waals surface area contributed by atoms with E-state index in [9.17, 15) is 9.59 Å². The van der Waals surface area contributed by atoms with Gasteiger partial charge >= 0.3 is 5.69 Å². The molecule has 7 nitrogen and oxygen atoms in total. The largest absolute Gasteiger partial charge is 0.332 e. The van der Waals surface area contributed by atoms with Gasteiger partial charge in [0, 0.05) is 25.6 Å². The van der Waals surface area contributed by atoms with Crippen LogP contribution in [0.1, 0.15) is 67.5 Å². The first-order valence-electron chi connectivity index (χ1n) is 12.9. The van der Waals surface area contributed by atoms with E-state index >= 15 is 0 Å². The van der Waals surface area contributed by atoms with Gasteiger partial charge in [-0.15, -0.1) is 0 Å². The van der Waals surface area contributed by atoms with Crippen LogP contribution in [0.4, 0.5) is 0 Å². The molecule has 0 bridgehead atoms. The van der Waals surface area contributed by atoms with Crippen molar-refractivity contribution in [1.29, 1.82) is 5.26 Å². The molecule has 2 heterocycles. The minimum Gasteiger partial charge on any atom is -0.317 e. The van der Waals surface area contributed by atoms with E-state index in [1.165, 1.54) is 4.57 Å². The van der Waals surface area contributed by atoms with E-state index in [2.05, 4.69) is 22.8 Å². The lowest BCUT2D eigenvalue weighted by Crippen LogP contribution is -2.41. The Morgan fingerprint density at radius 1 is 0.917 bits per heavy atom. The van der Waals surface area contributed by atoms with Crippen LogP contribution in [0, 0.1) is 11.3 Å². The maximum Gasteiger partial charge on any atom is 0.332 e. The van der Waals surface area contributed by atoms with Gasteiger partial charge in [-0.1, -0.05) is 62.2 Å². The normalized spacial score (nSPS) is 13.9. The number of aromatic nitrogens is 4. The van der Waals surface area contributed by atoms with E-state index in [0.29, 0.717) is 55.1 Å². The zero-order chi connectivity index (χ0) is 25.1. The van der Waals surface area contributed by atoms with Gasteiger partial charge in [-0.05, 0) is 48.9 Å². The predicted molar refractivity (Wildman–Crippen MR) is 140 cm³/mol. The van der Waals surface area contributed by atoms with Gasteiger partial charge < -0.3 is 4.57 Å². The third kappa shape index (κ3) is 4.51. The second kappa shape index (κ2) is 10.4. The van der Waals surface area contributed by atoms with Gasteiger partial charge in [0.25, 0.3) is 5.56 Å². The minimum absolute atomic E-state index is 0.251. The van der Waals surface area contributed by atoms with Crippen LogP contribution < -0.4 is 11.2 Å². The molecule has 0 amide bonds. The summed E-state index contributed by atoms with van der Waals surface area (Å²) in [6, 6.07) is 19.7. The second-order valence-corrected chi connectivity index (χ2v) is 9.65. The van der Waals surface area contributed by atoms with E-state index in [0.717, 1.165) is 42.6 Å². The molecule has 184 valence electrons. The molecule has 7 heteroatoms. The maximum atomic E-state index is 13.7. The van der Waals surface area contributed by atoms with Crippen molar-refractivity contribution < 1.29 is 0 Å². The van der Waals surface area contributed by atoms with Gasteiger partial charge in [0.1, 0.15) is 5.82 Å². The summed E-state index contributed by atoms with van der Waals surface area (Å²) in [4.78, 5) is 32.3. The molecule has 2 aromatic carbocycles. The van der Waals surface area contributed by atoms with Crippen LogP contribution in [0.25, 0.3) is 11.2 Å². The molecule has 0 atom stereocenters. The fraction of sp³-hybridized carbons (Fsp3) is 0.379. The molecule has 0 spiro atoms. The molecule has 0 radical (unpaired) electrons. The van der Waals surface area contributed by atoms with Gasteiger partial charge in [0.15, 0.2) is 11.2 Å². The zero-order valence-electron chi connectivity index (χ0n) is 20.7. The number of nitriles is 1. The molecule has 1 aliphatic rings. The summed E-state index contributed by atoms with van der Waals surface area (Å²) in [5.41, 5.74) is 3.20. The molecule has 0 unspecified atom stereocenters. The van der Waals surface area contributed by atoms with Crippen LogP contribution in [0.5, 0.6) is 0 Å². The molecule has 5 rings (SSSR count). The van der Waals surface area contributed by atoms with E-state index in [1.54, 1.807) is 16.7 Å². The lowest BCUT2D eigenvalue weighted by Gasteiger charge is -2.14. The highest BCUT2D eigenvalue weighted by atomic mass is 16.2. The predicted octanol–water partition coefficient (Wildman–Crippen LogP) is 4.59. The molecular formula is C29H31N5O2. The zero-order valence-corrected chi connectivity index (χ0v) is 20.7. The highest BCUT2D eigenvalue weighted by molar-refractivity contribution is 5.71. The van der Waals surface area contributed by atoms with Crippen LogP contribution in [0.2, 0.25) is 0 Å². The number of rotatable bonds is 8. The number of benzene rings is 2. The Hall–Kier alpha value is -3.92. The Balaban J connectivity index is 1.67. The smallest absolute Gasteiger partial charge is 0.317 e. The van der Waals surface area contributed by atoms with Crippen molar-refractivity contribution in [2.24, 2.45) is 0 Å². The highest BCUT2D eigenvalue weighted by Crippen LogP contribution is 2.35. The Morgan fingerprint density at radius 2 is 1.64 bits per heavy atom. The molecule has 0 N–H and O–H groups in total. The van der Waals surface area contributed by atoms with Crippen molar-refractivity contribution in [3.05, 3.63) is 98.0 Å². The molecular weight excluding hydrogens is 450 g/mol. The summed E-state index contributed by atoms with van der Waals surface area (Å²) in [5, 5.41) is 9.08. The number of nitrogens with zero attached hydrogens (tertiary/aromatic N) is 5. The van der Waals surface area contributed by atoms with E-state index in [-0.39, 0.29) is 11.2 Å². The fourth-order valence-electron chi connectivity index (χ4n) is 5.34. The molecule has 1 fully saturated rings. The van der Waals surface area contributed by atoms with E-state index < -0.39 is 0 Å². The van der Waals surface area contributed by atoms with Crippen molar-refractivity contribution in [3.8, 4) is 6.07 Å². The lowest BCUT2D eigenvalue weighted by atomic mass is 10.1. The average molecular weight is 482 g/mol. The summed E-state index contributed by atoms with van der Waals surface area (Å²) >= 11 is 0. The number of aryl methyl sites for hydroxylation is 2. The Kier molecular flexibility index (Phi) is 6.86. The molecule has 4 aromatic rings. The van der Waals surface area contributed by atoms with Crippen LogP contribution in [-0.4, -0.2) is 18.7 Å². The van der Waals surface area contributed by atoms with Gasteiger partial charge in [-0.3, -0.25) is 13.9 Å². The topological polar surface area (TPSA) is 85.6 Å².